The maximum Gasteiger partial charge on any atom is 0.223 e. The van der Waals surface area contributed by atoms with E-state index in [4.69, 9.17) is 5.73 Å². The first-order valence-corrected chi connectivity index (χ1v) is 7.91. The first-order valence-electron chi connectivity index (χ1n) is 6.19. The third kappa shape index (κ3) is 9.30. The van der Waals surface area contributed by atoms with E-state index in [1.807, 2.05) is 20.8 Å². The van der Waals surface area contributed by atoms with E-state index in [0.717, 1.165) is 19.3 Å². The Hall–Kier alpha value is -0.420. The van der Waals surface area contributed by atoms with Crippen molar-refractivity contribution in [3.05, 3.63) is 0 Å². The van der Waals surface area contributed by atoms with Gasteiger partial charge in [-0.15, -0.1) is 0 Å². The molecule has 0 aromatic heterocycles. The Bertz CT molecular complexity index is 257. The fraction of sp³-hybridized carbons (Fsp3) is 0.917. The largest absolute Gasteiger partial charge is 0.352 e. The molecular formula is C12H26N2O2S. The smallest absolute Gasteiger partial charge is 0.223 e. The van der Waals surface area contributed by atoms with Crippen LogP contribution in [-0.4, -0.2) is 34.2 Å². The lowest BCUT2D eigenvalue weighted by atomic mass is 10.0. The summed E-state index contributed by atoms with van der Waals surface area (Å²) in [7, 11) is -0.868. The number of hydrogen-bond acceptors (Lipinski definition) is 3. The first kappa shape index (κ1) is 16.6. The number of hydrogen-bond donors (Lipinski definition) is 2. The molecular weight excluding hydrogens is 236 g/mol. The fourth-order valence-corrected chi connectivity index (χ4v) is 2.44. The summed E-state index contributed by atoms with van der Waals surface area (Å²) in [5.74, 6) is 0.562. The average Bonchev–Trinajstić information content (AvgIpc) is 2.15. The summed E-state index contributed by atoms with van der Waals surface area (Å²) in [6, 6.07) is 0.177. The molecule has 0 aromatic rings. The molecule has 0 rings (SSSR count). The van der Waals surface area contributed by atoms with Gasteiger partial charge in [-0.05, 0) is 26.7 Å². The van der Waals surface area contributed by atoms with E-state index in [0.29, 0.717) is 5.75 Å². The van der Waals surface area contributed by atoms with Gasteiger partial charge in [-0.2, -0.15) is 0 Å². The van der Waals surface area contributed by atoms with Crippen LogP contribution in [0, 0.1) is 5.92 Å². The highest BCUT2D eigenvalue weighted by atomic mass is 32.2. The number of rotatable bonds is 8. The van der Waals surface area contributed by atoms with E-state index in [1.54, 1.807) is 6.26 Å². The molecule has 0 fully saturated rings. The zero-order valence-corrected chi connectivity index (χ0v) is 12.2. The van der Waals surface area contributed by atoms with Crippen LogP contribution in [-0.2, 0) is 15.6 Å². The Kier molecular flexibility index (Phi) is 8.43. The zero-order chi connectivity index (χ0) is 13.4. The minimum absolute atomic E-state index is 0.00138. The zero-order valence-electron chi connectivity index (χ0n) is 11.4. The van der Waals surface area contributed by atoms with Gasteiger partial charge in [0.15, 0.2) is 0 Å². The van der Waals surface area contributed by atoms with Crippen LogP contribution < -0.4 is 11.1 Å². The molecule has 0 bridgehead atoms. The molecule has 4 unspecified atom stereocenters. The second-order valence-electron chi connectivity index (χ2n) is 4.96. The van der Waals surface area contributed by atoms with E-state index in [2.05, 4.69) is 5.32 Å². The van der Waals surface area contributed by atoms with Gasteiger partial charge in [0.1, 0.15) is 0 Å². The maximum absolute atomic E-state index is 11.8. The van der Waals surface area contributed by atoms with Crippen molar-refractivity contribution in [3.8, 4) is 0 Å². The highest BCUT2D eigenvalue weighted by Gasteiger charge is 2.15. The van der Waals surface area contributed by atoms with Crippen molar-refractivity contribution in [3.63, 3.8) is 0 Å². The van der Waals surface area contributed by atoms with Gasteiger partial charge in [0, 0.05) is 40.8 Å². The van der Waals surface area contributed by atoms with Crippen LogP contribution in [0.2, 0.25) is 0 Å². The molecule has 0 saturated heterocycles. The van der Waals surface area contributed by atoms with Crippen molar-refractivity contribution in [2.45, 2.75) is 52.1 Å². The van der Waals surface area contributed by atoms with Crippen LogP contribution in [0.15, 0.2) is 0 Å². The van der Waals surface area contributed by atoms with Crippen LogP contribution in [0.4, 0.5) is 0 Å². The second-order valence-corrected chi connectivity index (χ2v) is 6.44. The summed E-state index contributed by atoms with van der Waals surface area (Å²) >= 11 is 0. The highest BCUT2D eigenvalue weighted by molar-refractivity contribution is 7.84. The molecule has 0 aliphatic carbocycles. The Morgan fingerprint density at radius 3 is 2.35 bits per heavy atom. The molecule has 102 valence electrons. The predicted octanol–water partition coefficient (Wildman–Crippen LogP) is 1.02. The van der Waals surface area contributed by atoms with E-state index >= 15 is 0 Å². The standard InChI is InChI=1S/C12H26N2O2S/c1-9(6-5-7-10(2)13)12(15)14-11(3)8-17(4)16/h9-11H,5-8,13H2,1-4H3,(H,14,15). The normalized spacial score (nSPS) is 18.2. The molecule has 1 amide bonds. The van der Waals surface area contributed by atoms with Gasteiger partial charge < -0.3 is 11.1 Å². The molecule has 0 radical (unpaired) electrons. The van der Waals surface area contributed by atoms with Gasteiger partial charge in [0.05, 0.1) is 0 Å². The second kappa shape index (κ2) is 8.64. The molecule has 0 aromatic carbocycles. The fourth-order valence-electron chi connectivity index (χ4n) is 1.66. The molecule has 3 N–H and O–H groups in total. The number of amides is 1. The predicted molar refractivity (Wildman–Crippen MR) is 73.2 cm³/mol. The van der Waals surface area contributed by atoms with Gasteiger partial charge in [-0.1, -0.05) is 13.3 Å². The van der Waals surface area contributed by atoms with Crippen molar-refractivity contribution in [1.29, 1.82) is 0 Å². The third-order valence-electron chi connectivity index (χ3n) is 2.62. The molecule has 5 heteroatoms. The molecule has 0 aliphatic heterocycles. The Labute approximate surface area is 107 Å². The lowest BCUT2D eigenvalue weighted by molar-refractivity contribution is -0.125. The topological polar surface area (TPSA) is 72.2 Å². The Morgan fingerprint density at radius 2 is 1.88 bits per heavy atom. The summed E-state index contributed by atoms with van der Waals surface area (Å²) in [4.78, 5) is 11.8. The third-order valence-corrected chi connectivity index (χ3v) is 3.59. The summed E-state index contributed by atoms with van der Waals surface area (Å²) < 4.78 is 11.0. The van der Waals surface area contributed by atoms with Crippen LogP contribution in [0.1, 0.15) is 40.0 Å². The summed E-state index contributed by atoms with van der Waals surface area (Å²) in [5, 5.41) is 2.89. The van der Waals surface area contributed by atoms with Crippen molar-refractivity contribution < 1.29 is 9.00 Å². The van der Waals surface area contributed by atoms with Gasteiger partial charge in [0.2, 0.25) is 5.91 Å². The van der Waals surface area contributed by atoms with E-state index in [9.17, 15) is 9.00 Å². The lowest BCUT2D eigenvalue weighted by Crippen LogP contribution is -2.39. The van der Waals surface area contributed by atoms with E-state index < -0.39 is 10.8 Å². The molecule has 0 heterocycles. The number of nitrogens with one attached hydrogen (secondary N) is 1. The minimum Gasteiger partial charge on any atom is -0.352 e. The number of carbonyl (C=O) groups excluding carboxylic acids is 1. The summed E-state index contributed by atoms with van der Waals surface area (Å²) in [6.07, 6.45) is 4.43. The van der Waals surface area contributed by atoms with Crippen LogP contribution in [0.3, 0.4) is 0 Å². The molecule has 0 saturated carbocycles. The number of nitrogens with two attached hydrogens (primary N) is 1. The SMILES string of the molecule is CC(N)CCCC(C)C(=O)NC(C)CS(C)=O. The molecule has 17 heavy (non-hydrogen) atoms. The van der Waals surface area contributed by atoms with Crippen molar-refractivity contribution in [2.24, 2.45) is 11.7 Å². The van der Waals surface area contributed by atoms with Crippen LogP contribution in [0.5, 0.6) is 0 Å². The molecule has 4 nitrogen and oxygen atoms in total. The lowest BCUT2D eigenvalue weighted by Gasteiger charge is -2.17. The Balaban J connectivity index is 3.84. The van der Waals surface area contributed by atoms with E-state index in [1.165, 1.54) is 0 Å². The van der Waals surface area contributed by atoms with Crippen LogP contribution in [0.25, 0.3) is 0 Å². The van der Waals surface area contributed by atoms with Gasteiger partial charge in [0.25, 0.3) is 0 Å². The van der Waals surface area contributed by atoms with Crippen molar-refractivity contribution >= 4 is 16.7 Å². The summed E-state index contributed by atoms with van der Waals surface area (Å²) in [6.45, 7) is 5.78. The molecule has 0 spiro atoms. The van der Waals surface area contributed by atoms with Gasteiger partial charge in [-0.25, -0.2) is 0 Å². The van der Waals surface area contributed by atoms with Crippen molar-refractivity contribution in [2.75, 3.05) is 12.0 Å². The summed E-state index contributed by atoms with van der Waals surface area (Å²) in [5.41, 5.74) is 5.66. The van der Waals surface area contributed by atoms with Gasteiger partial charge >= 0.3 is 0 Å². The Morgan fingerprint density at radius 1 is 1.29 bits per heavy atom. The van der Waals surface area contributed by atoms with E-state index in [-0.39, 0.29) is 23.9 Å². The maximum atomic E-state index is 11.8. The highest BCUT2D eigenvalue weighted by Crippen LogP contribution is 2.09. The first-order chi connectivity index (χ1) is 7.82. The monoisotopic (exact) mass is 262 g/mol. The quantitative estimate of drug-likeness (QED) is 0.686. The molecule has 4 atom stereocenters. The minimum atomic E-state index is -0.868. The van der Waals surface area contributed by atoms with Crippen molar-refractivity contribution in [1.82, 2.24) is 5.32 Å². The van der Waals surface area contributed by atoms with Crippen LogP contribution >= 0.6 is 0 Å². The average molecular weight is 262 g/mol. The molecule has 0 aliphatic rings. The van der Waals surface area contributed by atoms with Gasteiger partial charge in [-0.3, -0.25) is 9.00 Å². The number of carbonyl (C=O) groups is 1.